The normalized spacial score (nSPS) is 18.2. The maximum absolute atomic E-state index is 6.24. The molecule has 86 valence electrons. The Kier molecular flexibility index (Phi) is 2.90. The summed E-state index contributed by atoms with van der Waals surface area (Å²) in [7, 11) is 0. The van der Waals surface area contributed by atoms with Gasteiger partial charge in [-0.1, -0.05) is 17.7 Å². The van der Waals surface area contributed by atoms with Gasteiger partial charge in [-0.05, 0) is 28.1 Å². The zero-order chi connectivity index (χ0) is 11.8. The van der Waals surface area contributed by atoms with E-state index in [1.807, 2.05) is 23.6 Å². The van der Waals surface area contributed by atoms with Crippen LogP contribution in [0, 0.1) is 0 Å². The molecule has 3 nitrogen and oxygen atoms in total. The minimum atomic E-state index is -0.348. The van der Waals surface area contributed by atoms with Crippen LogP contribution in [0.25, 0.3) is 0 Å². The van der Waals surface area contributed by atoms with E-state index in [-0.39, 0.29) is 5.50 Å². The van der Waals surface area contributed by atoms with E-state index in [1.165, 1.54) is 0 Å². The number of amidine groups is 1. The molecular formula is C11H7BrClN3S. The fourth-order valence-corrected chi connectivity index (χ4v) is 3.48. The molecule has 1 aliphatic rings. The maximum Gasteiger partial charge on any atom is 0.162 e. The van der Waals surface area contributed by atoms with Gasteiger partial charge >= 0.3 is 0 Å². The van der Waals surface area contributed by atoms with Crippen LogP contribution in [-0.2, 0) is 0 Å². The van der Waals surface area contributed by atoms with Gasteiger partial charge in [0.15, 0.2) is 11.3 Å². The second-order valence-corrected chi connectivity index (χ2v) is 5.66. The highest BCUT2D eigenvalue weighted by molar-refractivity contribution is 9.10. The van der Waals surface area contributed by atoms with Crippen LogP contribution < -0.4 is 5.32 Å². The summed E-state index contributed by atoms with van der Waals surface area (Å²) in [4.78, 5) is 9.69. The molecule has 0 fully saturated rings. The summed E-state index contributed by atoms with van der Waals surface area (Å²) in [6.07, 6.45) is 1.74. The van der Waals surface area contributed by atoms with E-state index >= 15 is 0 Å². The number of thiophene rings is 1. The number of hydrogen-bond donors (Lipinski definition) is 1. The third-order valence-electron chi connectivity index (χ3n) is 2.38. The predicted octanol–water partition coefficient (Wildman–Crippen LogP) is 4.02. The smallest absolute Gasteiger partial charge is 0.162 e. The lowest BCUT2D eigenvalue weighted by Gasteiger charge is -2.18. The minimum absolute atomic E-state index is 0.348. The molecular weight excluding hydrogens is 322 g/mol. The molecule has 6 heteroatoms. The fourth-order valence-electron chi connectivity index (χ4n) is 1.60. The third kappa shape index (κ3) is 1.99. The molecule has 17 heavy (non-hydrogen) atoms. The van der Waals surface area contributed by atoms with Gasteiger partial charge in [0.25, 0.3) is 0 Å². The predicted molar refractivity (Wildman–Crippen MR) is 75.0 cm³/mol. The Balaban J connectivity index is 2.03. The Hall–Kier alpha value is -0.910. The van der Waals surface area contributed by atoms with Crippen LogP contribution in [0.15, 0.2) is 39.2 Å². The van der Waals surface area contributed by atoms with E-state index in [2.05, 4.69) is 31.2 Å². The number of nitrogens with one attached hydrogen (secondary N) is 1. The van der Waals surface area contributed by atoms with Crippen molar-refractivity contribution in [3.63, 3.8) is 0 Å². The summed E-state index contributed by atoms with van der Waals surface area (Å²) < 4.78 is 1.01. The van der Waals surface area contributed by atoms with E-state index in [1.54, 1.807) is 17.5 Å². The van der Waals surface area contributed by atoms with Gasteiger partial charge in [0.05, 0.1) is 15.0 Å². The topological polar surface area (TPSA) is 37.3 Å². The number of aromatic nitrogens is 1. The van der Waals surface area contributed by atoms with Crippen molar-refractivity contribution in [2.45, 2.75) is 5.50 Å². The number of fused-ring (bicyclic) bond motifs is 1. The zero-order valence-corrected chi connectivity index (χ0v) is 11.7. The van der Waals surface area contributed by atoms with Crippen molar-refractivity contribution in [1.82, 2.24) is 4.98 Å². The van der Waals surface area contributed by atoms with Gasteiger partial charge in [0, 0.05) is 11.6 Å². The highest BCUT2D eigenvalue weighted by atomic mass is 79.9. The number of anilines is 1. The van der Waals surface area contributed by atoms with Crippen LogP contribution in [0.3, 0.4) is 0 Å². The molecule has 1 aliphatic heterocycles. The van der Waals surface area contributed by atoms with Gasteiger partial charge in [-0.3, -0.25) is 4.98 Å². The number of alkyl halides is 1. The van der Waals surface area contributed by atoms with E-state index in [0.717, 1.165) is 20.7 Å². The molecule has 2 aromatic rings. The quantitative estimate of drug-likeness (QED) is 0.634. The zero-order valence-electron chi connectivity index (χ0n) is 8.52. The van der Waals surface area contributed by atoms with Gasteiger partial charge in [-0.15, -0.1) is 11.3 Å². The molecule has 0 aliphatic carbocycles. The molecule has 0 bridgehead atoms. The van der Waals surface area contributed by atoms with Crippen molar-refractivity contribution in [1.29, 1.82) is 0 Å². The summed E-state index contributed by atoms with van der Waals surface area (Å²) in [5, 5.41) is 5.26. The number of rotatable bonds is 1. The summed E-state index contributed by atoms with van der Waals surface area (Å²) in [6, 6.07) is 5.70. The van der Waals surface area contributed by atoms with E-state index in [4.69, 9.17) is 11.6 Å². The number of nitrogens with zero attached hydrogens (tertiary/aromatic N) is 2. The van der Waals surface area contributed by atoms with Gasteiger partial charge in [-0.2, -0.15) is 0 Å². The average Bonchev–Trinajstić information content (AvgIpc) is 2.73. The number of halogens is 2. The van der Waals surface area contributed by atoms with Crippen LogP contribution >= 0.6 is 38.9 Å². The standard InChI is InChI=1S/C11H7BrClN3S/c12-6-5-17-9-8(6)15-11(16-10(9)13)7-3-1-2-4-14-7/h1-5,10H,(H,15,16). The second kappa shape index (κ2) is 4.40. The lowest BCUT2D eigenvalue weighted by atomic mass is 10.2. The van der Waals surface area contributed by atoms with Crippen molar-refractivity contribution < 1.29 is 0 Å². The highest BCUT2D eigenvalue weighted by Crippen LogP contribution is 2.42. The van der Waals surface area contributed by atoms with Crippen LogP contribution in [0.1, 0.15) is 16.1 Å². The van der Waals surface area contributed by atoms with Crippen molar-refractivity contribution in [2.75, 3.05) is 5.32 Å². The lowest BCUT2D eigenvalue weighted by molar-refractivity contribution is 1.02. The molecule has 3 rings (SSSR count). The molecule has 1 N–H and O–H groups in total. The third-order valence-corrected chi connectivity index (χ3v) is 4.79. The summed E-state index contributed by atoms with van der Waals surface area (Å²) in [6.45, 7) is 0. The van der Waals surface area contributed by atoms with Gasteiger partial charge in [0.1, 0.15) is 5.69 Å². The number of aliphatic imine (C=N–C) groups is 1. The lowest BCUT2D eigenvalue weighted by Crippen LogP contribution is -2.20. The van der Waals surface area contributed by atoms with Gasteiger partial charge < -0.3 is 5.32 Å². The number of hydrogen-bond acceptors (Lipinski definition) is 4. The Morgan fingerprint density at radius 3 is 3.06 bits per heavy atom. The second-order valence-electron chi connectivity index (χ2n) is 3.48. The fraction of sp³-hybridized carbons (Fsp3) is 0.0909. The largest absolute Gasteiger partial charge is 0.337 e. The van der Waals surface area contributed by atoms with Crippen molar-refractivity contribution in [2.24, 2.45) is 4.99 Å². The molecule has 1 atom stereocenters. The Morgan fingerprint density at radius 2 is 2.29 bits per heavy atom. The molecule has 1 unspecified atom stereocenters. The van der Waals surface area contributed by atoms with E-state index in [9.17, 15) is 0 Å². The molecule has 2 aromatic heterocycles. The Morgan fingerprint density at radius 1 is 1.41 bits per heavy atom. The van der Waals surface area contributed by atoms with Crippen LogP contribution in [0.4, 0.5) is 5.69 Å². The minimum Gasteiger partial charge on any atom is -0.337 e. The molecule has 0 aromatic carbocycles. The first-order valence-electron chi connectivity index (χ1n) is 4.93. The molecule has 3 heterocycles. The molecule has 0 radical (unpaired) electrons. The monoisotopic (exact) mass is 327 g/mol. The van der Waals surface area contributed by atoms with Crippen LogP contribution in [0.5, 0.6) is 0 Å². The SMILES string of the molecule is ClC1N=C(c2ccccn2)Nc2c(Br)csc21. The maximum atomic E-state index is 6.24. The van der Waals surface area contributed by atoms with Crippen molar-refractivity contribution in [3.8, 4) is 0 Å². The first kappa shape index (κ1) is 11.2. The summed E-state index contributed by atoms with van der Waals surface area (Å²) in [5.74, 6) is 0.706. The van der Waals surface area contributed by atoms with Crippen molar-refractivity contribution in [3.05, 3.63) is 44.8 Å². The first-order chi connectivity index (χ1) is 8.25. The first-order valence-corrected chi connectivity index (χ1v) is 7.04. The molecule has 0 amide bonds. The number of pyridine rings is 1. The van der Waals surface area contributed by atoms with E-state index in [0.29, 0.717) is 5.84 Å². The summed E-state index contributed by atoms with van der Waals surface area (Å²) >= 11 is 11.3. The van der Waals surface area contributed by atoms with Crippen LogP contribution in [0.2, 0.25) is 0 Å². The van der Waals surface area contributed by atoms with Gasteiger partial charge in [-0.25, -0.2) is 4.99 Å². The van der Waals surface area contributed by atoms with Gasteiger partial charge in [0.2, 0.25) is 0 Å². The van der Waals surface area contributed by atoms with Crippen molar-refractivity contribution >= 4 is 50.4 Å². The molecule has 0 saturated carbocycles. The molecule has 0 saturated heterocycles. The van der Waals surface area contributed by atoms with Crippen LogP contribution in [-0.4, -0.2) is 10.8 Å². The average molecular weight is 329 g/mol. The Bertz CT molecular complexity index is 582. The Labute approximate surface area is 116 Å². The highest BCUT2D eigenvalue weighted by Gasteiger charge is 2.24. The molecule has 0 spiro atoms. The summed E-state index contributed by atoms with van der Waals surface area (Å²) in [5.41, 5.74) is 1.44. The van der Waals surface area contributed by atoms with E-state index < -0.39 is 0 Å².